The van der Waals surface area contributed by atoms with Crippen molar-refractivity contribution in [2.75, 3.05) is 26.7 Å². The zero-order valence-electron chi connectivity index (χ0n) is 18.7. The minimum atomic E-state index is -3.43. The topological polar surface area (TPSA) is 66.9 Å². The van der Waals surface area contributed by atoms with E-state index in [4.69, 9.17) is 4.74 Å². The van der Waals surface area contributed by atoms with Crippen molar-refractivity contribution < 1.29 is 17.9 Å². The summed E-state index contributed by atoms with van der Waals surface area (Å²) in [5.74, 6) is 0.812. The van der Waals surface area contributed by atoms with Gasteiger partial charge in [-0.2, -0.15) is 4.31 Å². The number of ether oxygens (including phenoxy) is 1. The summed E-state index contributed by atoms with van der Waals surface area (Å²) in [5.41, 5.74) is 1.97. The number of methoxy groups -OCH3 is 1. The number of aryl methyl sites for hydroxylation is 1. The van der Waals surface area contributed by atoms with Crippen molar-refractivity contribution in [3.05, 3.63) is 72.3 Å². The van der Waals surface area contributed by atoms with Gasteiger partial charge in [-0.05, 0) is 54.7 Å². The molecule has 7 heteroatoms. The molecule has 172 valence electrons. The first kappa shape index (κ1) is 24.0. The third-order valence-corrected chi connectivity index (χ3v) is 7.65. The largest absolute Gasteiger partial charge is 0.497 e. The van der Waals surface area contributed by atoms with Gasteiger partial charge in [0.15, 0.2) is 0 Å². The highest BCUT2D eigenvalue weighted by atomic mass is 32.2. The van der Waals surface area contributed by atoms with Gasteiger partial charge in [0.2, 0.25) is 15.9 Å². The first-order chi connectivity index (χ1) is 15.4. The van der Waals surface area contributed by atoms with Crippen LogP contribution in [-0.4, -0.2) is 50.3 Å². The normalized spacial score (nSPS) is 14.7. The molecule has 0 unspecified atom stereocenters. The maximum atomic E-state index is 12.8. The minimum absolute atomic E-state index is 0.0331. The average molecular weight is 457 g/mol. The molecule has 0 spiro atoms. The van der Waals surface area contributed by atoms with E-state index in [-0.39, 0.29) is 5.91 Å². The summed E-state index contributed by atoms with van der Waals surface area (Å²) in [5, 5.41) is 0. The fraction of sp³-hybridized carbons (Fsp3) is 0.400. The number of rotatable bonds is 10. The molecule has 6 nitrogen and oxygen atoms in total. The predicted octanol–water partition coefficient (Wildman–Crippen LogP) is 4.02. The van der Waals surface area contributed by atoms with Gasteiger partial charge >= 0.3 is 0 Å². The van der Waals surface area contributed by atoms with Crippen LogP contribution in [0.4, 0.5) is 0 Å². The monoisotopic (exact) mass is 456 g/mol. The van der Waals surface area contributed by atoms with E-state index in [0.717, 1.165) is 36.1 Å². The predicted molar refractivity (Wildman–Crippen MR) is 126 cm³/mol. The van der Waals surface area contributed by atoms with Gasteiger partial charge in [0.25, 0.3) is 0 Å². The van der Waals surface area contributed by atoms with Crippen LogP contribution in [0.1, 0.15) is 36.8 Å². The molecule has 0 atom stereocenters. The number of piperidine rings is 1. The van der Waals surface area contributed by atoms with Gasteiger partial charge in [0, 0.05) is 32.6 Å². The van der Waals surface area contributed by atoms with E-state index in [1.165, 1.54) is 0 Å². The van der Waals surface area contributed by atoms with Crippen molar-refractivity contribution >= 4 is 15.9 Å². The molecule has 0 aliphatic carbocycles. The molecule has 1 aliphatic heterocycles. The van der Waals surface area contributed by atoms with E-state index in [1.54, 1.807) is 34.5 Å². The summed E-state index contributed by atoms with van der Waals surface area (Å²) in [4.78, 5) is 14.9. The van der Waals surface area contributed by atoms with E-state index in [1.807, 2.05) is 36.4 Å². The van der Waals surface area contributed by atoms with Crippen LogP contribution in [-0.2, 0) is 27.8 Å². The molecule has 1 amide bonds. The molecule has 0 bridgehead atoms. The van der Waals surface area contributed by atoms with Gasteiger partial charge in [0.1, 0.15) is 5.75 Å². The Kier molecular flexibility index (Phi) is 8.47. The quantitative estimate of drug-likeness (QED) is 0.507. The van der Waals surface area contributed by atoms with Crippen LogP contribution in [0, 0.1) is 0 Å². The SMILES string of the molecule is C=CCN(Cc1ccc(OC)cc1)C(=O)CCc1ccc(S(=O)(=O)N2CCCCC2)cc1. The highest BCUT2D eigenvalue weighted by Crippen LogP contribution is 2.21. The Morgan fingerprint density at radius 2 is 1.66 bits per heavy atom. The summed E-state index contributed by atoms with van der Waals surface area (Å²) in [7, 11) is -1.81. The molecule has 3 rings (SSSR count). The van der Waals surface area contributed by atoms with Crippen LogP contribution < -0.4 is 4.74 Å². The van der Waals surface area contributed by atoms with Crippen LogP contribution in [0.2, 0.25) is 0 Å². The molecule has 2 aromatic carbocycles. The number of carbonyl (C=O) groups is 1. The summed E-state index contributed by atoms with van der Waals surface area (Å²) >= 11 is 0. The first-order valence-corrected chi connectivity index (χ1v) is 12.5. The number of carbonyl (C=O) groups excluding carboxylic acids is 1. The average Bonchev–Trinajstić information content (AvgIpc) is 2.83. The molecule has 0 radical (unpaired) electrons. The fourth-order valence-electron chi connectivity index (χ4n) is 3.85. The Balaban J connectivity index is 1.58. The maximum Gasteiger partial charge on any atom is 0.243 e. The zero-order chi connectivity index (χ0) is 23.0. The molecule has 0 N–H and O–H groups in total. The molecule has 1 heterocycles. The van der Waals surface area contributed by atoms with Gasteiger partial charge in [-0.3, -0.25) is 4.79 Å². The summed E-state index contributed by atoms with van der Waals surface area (Å²) in [6, 6.07) is 14.6. The van der Waals surface area contributed by atoms with Gasteiger partial charge in [-0.25, -0.2) is 8.42 Å². The van der Waals surface area contributed by atoms with Crippen LogP contribution in [0.25, 0.3) is 0 Å². The maximum absolute atomic E-state index is 12.8. The van der Waals surface area contributed by atoms with Crippen LogP contribution >= 0.6 is 0 Å². The Morgan fingerprint density at radius 3 is 2.25 bits per heavy atom. The van der Waals surface area contributed by atoms with Crippen molar-refractivity contribution in [2.24, 2.45) is 0 Å². The first-order valence-electron chi connectivity index (χ1n) is 11.0. The summed E-state index contributed by atoms with van der Waals surface area (Å²) in [6.07, 6.45) is 5.54. The van der Waals surface area contributed by atoms with E-state index in [0.29, 0.717) is 43.9 Å². The lowest BCUT2D eigenvalue weighted by molar-refractivity contribution is -0.131. The Morgan fingerprint density at radius 1 is 1.03 bits per heavy atom. The van der Waals surface area contributed by atoms with E-state index < -0.39 is 10.0 Å². The van der Waals surface area contributed by atoms with Crippen molar-refractivity contribution in [3.63, 3.8) is 0 Å². The molecule has 0 saturated carbocycles. The molecule has 1 fully saturated rings. The number of amides is 1. The second-order valence-corrected chi connectivity index (χ2v) is 9.96. The lowest BCUT2D eigenvalue weighted by Crippen LogP contribution is -2.35. The van der Waals surface area contributed by atoms with E-state index in [2.05, 4.69) is 6.58 Å². The minimum Gasteiger partial charge on any atom is -0.497 e. The van der Waals surface area contributed by atoms with Crippen LogP contribution in [0.15, 0.2) is 66.1 Å². The molecule has 1 saturated heterocycles. The number of hydrogen-bond acceptors (Lipinski definition) is 4. The van der Waals surface area contributed by atoms with Crippen molar-refractivity contribution in [1.29, 1.82) is 0 Å². The summed E-state index contributed by atoms with van der Waals surface area (Å²) < 4.78 is 32.3. The number of benzene rings is 2. The molecule has 0 aromatic heterocycles. The van der Waals surface area contributed by atoms with Crippen molar-refractivity contribution in [2.45, 2.75) is 43.5 Å². The number of nitrogens with zero attached hydrogens (tertiary/aromatic N) is 2. The molecule has 2 aromatic rings. The van der Waals surface area contributed by atoms with Gasteiger partial charge in [0.05, 0.1) is 12.0 Å². The van der Waals surface area contributed by atoms with Crippen molar-refractivity contribution in [1.82, 2.24) is 9.21 Å². The third-order valence-electron chi connectivity index (χ3n) is 5.74. The van der Waals surface area contributed by atoms with Gasteiger partial charge < -0.3 is 9.64 Å². The lowest BCUT2D eigenvalue weighted by Gasteiger charge is -2.25. The zero-order valence-corrected chi connectivity index (χ0v) is 19.5. The van der Waals surface area contributed by atoms with E-state index in [9.17, 15) is 13.2 Å². The van der Waals surface area contributed by atoms with E-state index >= 15 is 0 Å². The van der Waals surface area contributed by atoms with Crippen LogP contribution in [0.3, 0.4) is 0 Å². The highest BCUT2D eigenvalue weighted by molar-refractivity contribution is 7.89. The molecular weight excluding hydrogens is 424 g/mol. The Labute approximate surface area is 191 Å². The Hall–Kier alpha value is -2.64. The summed E-state index contributed by atoms with van der Waals surface area (Å²) in [6.45, 7) is 5.92. The Bertz CT molecular complexity index is 995. The van der Waals surface area contributed by atoms with Crippen LogP contribution in [0.5, 0.6) is 5.75 Å². The molecule has 32 heavy (non-hydrogen) atoms. The lowest BCUT2D eigenvalue weighted by atomic mass is 10.1. The second-order valence-electron chi connectivity index (χ2n) is 8.02. The fourth-order valence-corrected chi connectivity index (χ4v) is 5.37. The third kappa shape index (κ3) is 6.20. The standard InChI is InChI=1S/C25H32N2O4S/c1-3-17-26(20-22-7-12-23(31-2)13-8-22)25(28)16-11-21-9-14-24(15-10-21)32(29,30)27-18-5-4-6-19-27/h3,7-10,12-15H,1,4-6,11,16-20H2,2H3. The van der Waals surface area contributed by atoms with Gasteiger partial charge in [-0.1, -0.05) is 36.8 Å². The molecular formula is C25H32N2O4S. The number of hydrogen-bond donors (Lipinski definition) is 0. The molecule has 1 aliphatic rings. The smallest absolute Gasteiger partial charge is 0.243 e. The van der Waals surface area contributed by atoms with Gasteiger partial charge in [-0.15, -0.1) is 6.58 Å². The number of sulfonamides is 1. The highest BCUT2D eigenvalue weighted by Gasteiger charge is 2.25. The second kappa shape index (κ2) is 11.3. The van der Waals surface area contributed by atoms with Crippen molar-refractivity contribution in [3.8, 4) is 5.75 Å².